The van der Waals surface area contributed by atoms with Gasteiger partial charge in [-0.3, -0.25) is 0 Å². The third-order valence-corrected chi connectivity index (χ3v) is 4.04. The quantitative estimate of drug-likeness (QED) is 0.861. The molecule has 2 rings (SSSR count). The van der Waals surface area contributed by atoms with Gasteiger partial charge in [-0.15, -0.1) is 0 Å². The third kappa shape index (κ3) is 3.83. The van der Waals surface area contributed by atoms with Gasteiger partial charge < -0.3 is 10.1 Å². The van der Waals surface area contributed by atoms with Crippen molar-refractivity contribution in [3.8, 4) is 5.75 Å². The summed E-state index contributed by atoms with van der Waals surface area (Å²) in [4.78, 5) is 0. The Balaban J connectivity index is 2.34. The Morgan fingerprint density at radius 1 is 1.24 bits per heavy atom. The maximum atomic E-state index is 13.9. The van der Waals surface area contributed by atoms with Crippen molar-refractivity contribution in [2.24, 2.45) is 0 Å². The minimum absolute atomic E-state index is 0.00986. The predicted octanol–water partition coefficient (Wildman–Crippen LogP) is 4.41. The summed E-state index contributed by atoms with van der Waals surface area (Å²) < 4.78 is 20.3. The van der Waals surface area contributed by atoms with Crippen LogP contribution in [0.3, 0.4) is 0 Å². The number of benzene rings is 2. The summed E-state index contributed by atoms with van der Waals surface area (Å²) >= 11 is 3.39. The Bertz CT molecular complexity index is 630. The normalized spacial score (nSPS) is 12.2. The van der Waals surface area contributed by atoms with Crippen LogP contribution in [-0.4, -0.2) is 14.2 Å². The van der Waals surface area contributed by atoms with Gasteiger partial charge in [-0.1, -0.05) is 28.1 Å². The first-order valence-corrected chi connectivity index (χ1v) is 7.60. The summed E-state index contributed by atoms with van der Waals surface area (Å²) in [6.07, 6.45) is 0.557. The molecule has 1 N–H and O–H groups in total. The van der Waals surface area contributed by atoms with E-state index in [-0.39, 0.29) is 11.9 Å². The first kappa shape index (κ1) is 16.0. The van der Waals surface area contributed by atoms with Crippen LogP contribution in [0.2, 0.25) is 0 Å². The largest absolute Gasteiger partial charge is 0.496 e. The number of hydrogen-bond acceptors (Lipinski definition) is 2. The lowest BCUT2D eigenvalue weighted by Crippen LogP contribution is -2.20. The van der Waals surface area contributed by atoms with Crippen LogP contribution in [0.15, 0.2) is 40.9 Å². The molecule has 0 radical (unpaired) electrons. The van der Waals surface area contributed by atoms with Gasteiger partial charge in [0.15, 0.2) is 0 Å². The monoisotopic (exact) mass is 351 g/mol. The van der Waals surface area contributed by atoms with E-state index in [1.807, 2.05) is 38.2 Å². The molecule has 0 aliphatic rings. The van der Waals surface area contributed by atoms with Crippen molar-refractivity contribution in [1.82, 2.24) is 5.32 Å². The highest BCUT2D eigenvalue weighted by Crippen LogP contribution is 2.29. The second kappa shape index (κ2) is 7.05. The molecule has 0 aliphatic heterocycles. The number of hydrogen-bond donors (Lipinski definition) is 1. The summed E-state index contributed by atoms with van der Waals surface area (Å²) in [6.45, 7) is 2.02. The molecular formula is C17H19BrFNO. The van der Waals surface area contributed by atoms with Crippen molar-refractivity contribution in [2.45, 2.75) is 19.4 Å². The molecule has 0 fully saturated rings. The van der Waals surface area contributed by atoms with E-state index in [0.717, 1.165) is 21.3 Å². The molecule has 0 bridgehead atoms. The van der Waals surface area contributed by atoms with Gasteiger partial charge in [0, 0.05) is 16.1 Å². The molecule has 1 atom stereocenters. The molecule has 0 saturated carbocycles. The lowest BCUT2D eigenvalue weighted by molar-refractivity contribution is 0.400. The summed E-state index contributed by atoms with van der Waals surface area (Å²) in [5.41, 5.74) is 2.84. The van der Waals surface area contributed by atoms with Crippen LogP contribution in [0.1, 0.15) is 22.7 Å². The Hall–Kier alpha value is -1.39. The zero-order valence-electron chi connectivity index (χ0n) is 12.4. The summed E-state index contributed by atoms with van der Waals surface area (Å²) in [5, 5.41) is 3.25. The SMILES string of the molecule is CNC(Cc1cc(Br)ccc1F)c1ccc(C)cc1OC. The van der Waals surface area contributed by atoms with Gasteiger partial charge in [-0.2, -0.15) is 0 Å². The summed E-state index contributed by atoms with van der Waals surface area (Å²) in [6, 6.07) is 11.1. The molecule has 2 nitrogen and oxygen atoms in total. The average Bonchev–Trinajstić information content (AvgIpc) is 2.48. The van der Waals surface area contributed by atoms with E-state index in [1.165, 1.54) is 6.07 Å². The van der Waals surface area contributed by atoms with Crippen LogP contribution in [0.4, 0.5) is 4.39 Å². The number of halogens is 2. The molecule has 0 aromatic heterocycles. The van der Waals surface area contributed by atoms with E-state index in [2.05, 4.69) is 21.2 Å². The van der Waals surface area contributed by atoms with E-state index in [4.69, 9.17) is 4.74 Å². The fourth-order valence-electron chi connectivity index (χ4n) is 2.39. The molecule has 1 unspecified atom stereocenters. The van der Waals surface area contributed by atoms with E-state index >= 15 is 0 Å². The highest BCUT2D eigenvalue weighted by molar-refractivity contribution is 9.10. The van der Waals surface area contributed by atoms with E-state index in [0.29, 0.717) is 12.0 Å². The van der Waals surface area contributed by atoms with Crippen LogP contribution in [0, 0.1) is 12.7 Å². The summed E-state index contributed by atoms with van der Waals surface area (Å²) in [5.74, 6) is 0.634. The smallest absolute Gasteiger partial charge is 0.126 e. The Kier molecular flexibility index (Phi) is 5.37. The van der Waals surface area contributed by atoms with Crippen molar-refractivity contribution in [3.05, 3.63) is 63.4 Å². The Morgan fingerprint density at radius 3 is 2.67 bits per heavy atom. The van der Waals surface area contributed by atoms with Crippen LogP contribution < -0.4 is 10.1 Å². The van der Waals surface area contributed by atoms with Gasteiger partial charge in [0.2, 0.25) is 0 Å². The van der Waals surface area contributed by atoms with Gasteiger partial charge in [0.25, 0.3) is 0 Å². The summed E-state index contributed by atoms with van der Waals surface area (Å²) in [7, 11) is 3.53. The first-order valence-electron chi connectivity index (χ1n) is 6.81. The second-order valence-corrected chi connectivity index (χ2v) is 5.94. The van der Waals surface area contributed by atoms with Crippen molar-refractivity contribution < 1.29 is 9.13 Å². The number of ether oxygens (including phenoxy) is 1. The van der Waals surface area contributed by atoms with Gasteiger partial charge >= 0.3 is 0 Å². The van der Waals surface area contributed by atoms with Crippen LogP contribution in [-0.2, 0) is 6.42 Å². The fraction of sp³-hybridized carbons (Fsp3) is 0.294. The minimum atomic E-state index is -0.190. The minimum Gasteiger partial charge on any atom is -0.496 e. The average molecular weight is 352 g/mol. The standard InChI is InChI=1S/C17H19BrFNO/c1-11-4-6-14(17(8-11)21-3)16(20-2)10-12-9-13(18)5-7-15(12)19/h4-9,16,20H,10H2,1-3H3. The number of likely N-dealkylation sites (N-methyl/N-ethyl adjacent to an activating group) is 1. The van der Waals surface area contributed by atoms with Gasteiger partial charge in [0.1, 0.15) is 11.6 Å². The molecule has 0 spiro atoms. The van der Waals surface area contributed by atoms with Crippen molar-refractivity contribution in [1.29, 1.82) is 0 Å². The maximum Gasteiger partial charge on any atom is 0.126 e. The highest BCUT2D eigenvalue weighted by atomic mass is 79.9. The molecule has 0 heterocycles. The second-order valence-electron chi connectivity index (χ2n) is 5.03. The molecule has 0 saturated heterocycles. The fourth-order valence-corrected chi connectivity index (χ4v) is 2.80. The van der Waals surface area contributed by atoms with Crippen molar-refractivity contribution in [3.63, 3.8) is 0 Å². The molecule has 4 heteroatoms. The highest BCUT2D eigenvalue weighted by Gasteiger charge is 2.17. The molecule has 2 aromatic rings. The maximum absolute atomic E-state index is 13.9. The molecule has 2 aromatic carbocycles. The number of nitrogens with one attached hydrogen (secondary N) is 1. The molecule has 21 heavy (non-hydrogen) atoms. The predicted molar refractivity (Wildman–Crippen MR) is 87.3 cm³/mol. The number of methoxy groups -OCH3 is 1. The Morgan fingerprint density at radius 2 is 2.00 bits per heavy atom. The number of rotatable bonds is 5. The molecule has 112 valence electrons. The molecular weight excluding hydrogens is 333 g/mol. The van der Waals surface area contributed by atoms with Crippen molar-refractivity contribution in [2.75, 3.05) is 14.2 Å². The Labute approximate surface area is 133 Å². The molecule has 0 amide bonds. The lowest BCUT2D eigenvalue weighted by Gasteiger charge is -2.20. The van der Waals surface area contributed by atoms with Crippen LogP contribution >= 0.6 is 15.9 Å². The zero-order valence-corrected chi connectivity index (χ0v) is 14.0. The lowest BCUT2D eigenvalue weighted by atomic mass is 9.97. The topological polar surface area (TPSA) is 21.3 Å². The van der Waals surface area contributed by atoms with Crippen LogP contribution in [0.25, 0.3) is 0 Å². The molecule has 0 aliphatic carbocycles. The third-order valence-electron chi connectivity index (χ3n) is 3.54. The zero-order chi connectivity index (χ0) is 15.4. The van der Waals surface area contributed by atoms with Gasteiger partial charge in [-0.05, 0) is 55.8 Å². The van der Waals surface area contributed by atoms with E-state index < -0.39 is 0 Å². The van der Waals surface area contributed by atoms with Gasteiger partial charge in [-0.25, -0.2) is 4.39 Å². The van der Waals surface area contributed by atoms with E-state index in [9.17, 15) is 4.39 Å². The van der Waals surface area contributed by atoms with Crippen LogP contribution in [0.5, 0.6) is 5.75 Å². The van der Waals surface area contributed by atoms with Crippen molar-refractivity contribution >= 4 is 15.9 Å². The number of aryl methyl sites for hydroxylation is 1. The first-order chi connectivity index (χ1) is 10.0. The van der Waals surface area contributed by atoms with E-state index in [1.54, 1.807) is 13.2 Å². The van der Waals surface area contributed by atoms with Gasteiger partial charge in [0.05, 0.1) is 7.11 Å².